The van der Waals surface area contributed by atoms with Gasteiger partial charge in [0.15, 0.2) is 0 Å². The summed E-state index contributed by atoms with van der Waals surface area (Å²) < 4.78 is 13.2. The highest BCUT2D eigenvalue weighted by molar-refractivity contribution is 7.17. The predicted octanol–water partition coefficient (Wildman–Crippen LogP) is 4.86. The topological polar surface area (TPSA) is 61.5 Å². The van der Waals surface area contributed by atoms with Crippen LogP contribution in [0.4, 0.5) is 4.39 Å². The number of benzene rings is 2. The van der Waals surface area contributed by atoms with Gasteiger partial charge in [-0.1, -0.05) is 30.3 Å². The van der Waals surface area contributed by atoms with E-state index in [1.165, 1.54) is 23.5 Å². The third kappa shape index (κ3) is 2.74. The van der Waals surface area contributed by atoms with Crippen LogP contribution in [0, 0.1) is 5.82 Å². The van der Waals surface area contributed by atoms with E-state index < -0.39 is 0 Å². The maximum atomic E-state index is 13.2. The maximum absolute atomic E-state index is 13.2. The summed E-state index contributed by atoms with van der Waals surface area (Å²) in [5.74, 6) is 0.330. The van der Waals surface area contributed by atoms with Crippen LogP contribution in [0.5, 0.6) is 0 Å². The van der Waals surface area contributed by atoms with E-state index in [4.69, 9.17) is 0 Å². The molecule has 3 aromatic heterocycles. The van der Waals surface area contributed by atoms with Crippen molar-refractivity contribution in [3.63, 3.8) is 0 Å². The lowest BCUT2D eigenvalue weighted by molar-refractivity contribution is 0.628. The second-order valence-electron chi connectivity index (χ2n) is 6.39. The first-order valence-electron chi connectivity index (χ1n) is 8.50. The van der Waals surface area contributed by atoms with Gasteiger partial charge in [0.25, 0.3) is 5.56 Å². The number of nitrogens with zero attached hydrogens (tertiary/aromatic N) is 1. The summed E-state index contributed by atoms with van der Waals surface area (Å²) in [6, 6.07) is 14.2. The van der Waals surface area contributed by atoms with Gasteiger partial charge < -0.3 is 9.97 Å². The van der Waals surface area contributed by atoms with E-state index in [1.54, 1.807) is 12.1 Å². The molecule has 5 aromatic rings. The van der Waals surface area contributed by atoms with Gasteiger partial charge in [-0.25, -0.2) is 9.37 Å². The molecule has 132 valence electrons. The summed E-state index contributed by atoms with van der Waals surface area (Å²) >= 11 is 1.42. The third-order valence-electron chi connectivity index (χ3n) is 4.68. The smallest absolute Gasteiger partial charge is 0.260 e. The fourth-order valence-electron chi connectivity index (χ4n) is 3.38. The van der Waals surface area contributed by atoms with Crippen molar-refractivity contribution in [1.29, 1.82) is 0 Å². The number of aromatic amines is 2. The van der Waals surface area contributed by atoms with Gasteiger partial charge in [-0.2, -0.15) is 0 Å². The molecular formula is C21H14FN3OS. The average molecular weight is 375 g/mol. The van der Waals surface area contributed by atoms with E-state index in [0.29, 0.717) is 22.5 Å². The van der Waals surface area contributed by atoms with E-state index in [-0.39, 0.29) is 11.4 Å². The highest BCUT2D eigenvalue weighted by Gasteiger charge is 2.14. The van der Waals surface area contributed by atoms with Crippen LogP contribution in [-0.2, 0) is 6.42 Å². The molecule has 4 nitrogen and oxygen atoms in total. The Morgan fingerprint density at radius 2 is 1.89 bits per heavy atom. The number of rotatable bonds is 3. The van der Waals surface area contributed by atoms with Gasteiger partial charge in [0.05, 0.1) is 5.39 Å². The van der Waals surface area contributed by atoms with Crippen molar-refractivity contribution in [2.75, 3.05) is 0 Å². The molecule has 0 fully saturated rings. The molecule has 0 aliphatic rings. The van der Waals surface area contributed by atoms with E-state index in [2.05, 4.69) is 21.0 Å². The average Bonchev–Trinajstić information content (AvgIpc) is 3.28. The Balaban J connectivity index is 1.58. The fourth-order valence-corrected chi connectivity index (χ4v) is 4.34. The minimum Gasteiger partial charge on any atom is -0.361 e. The second-order valence-corrected chi connectivity index (χ2v) is 7.24. The summed E-state index contributed by atoms with van der Waals surface area (Å²) in [4.78, 5) is 24.2. The van der Waals surface area contributed by atoms with E-state index in [9.17, 15) is 9.18 Å². The monoisotopic (exact) mass is 375 g/mol. The zero-order valence-electron chi connectivity index (χ0n) is 14.1. The number of nitrogens with one attached hydrogen (secondary N) is 2. The molecule has 0 spiro atoms. The fraction of sp³-hybridized carbons (Fsp3) is 0.0476. The molecule has 2 N–H and O–H groups in total. The highest BCUT2D eigenvalue weighted by Crippen LogP contribution is 2.31. The minimum absolute atomic E-state index is 0.171. The van der Waals surface area contributed by atoms with Crippen molar-refractivity contribution in [2.24, 2.45) is 0 Å². The summed E-state index contributed by atoms with van der Waals surface area (Å²) in [6.45, 7) is 0. The van der Waals surface area contributed by atoms with Crippen molar-refractivity contribution in [3.8, 4) is 11.1 Å². The van der Waals surface area contributed by atoms with Gasteiger partial charge in [0.2, 0.25) is 0 Å². The third-order valence-corrected chi connectivity index (χ3v) is 5.55. The first-order valence-corrected chi connectivity index (χ1v) is 9.38. The van der Waals surface area contributed by atoms with E-state index in [1.807, 2.05) is 29.8 Å². The van der Waals surface area contributed by atoms with Crippen LogP contribution in [0.1, 0.15) is 11.4 Å². The molecule has 0 saturated carbocycles. The van der Waals surface area contributed by atoms with Crippen molar-refractivity contribution in [3.05, 3.63) is 87.7 Å². The highest BCUT2D eigenvalue weighted by atomic mass is 32.1. The van der Waals surface area contributed by atoms with Crippen molar-refractivity contribution in [1.82, 2.24) is 15.0 Å². The molecule has 0 unspecified atom stereocenters. The van der Waals surface area contributed by atoms with Gasteiger partial charge in [-0.15, -0.1) is 11.3 Å². The Morgan fingerprint density at radius 3 is 2.74 bits per heavy atom. The van der Waals surface area contributed by atoms with Crippen LogP contribution < -0.4 is 5.56 Å². The zero-order valence-corrected chi connectivity index (χ0v) is 14.9. The lowest BCUT2D eigenvalue weighted by Crippen LogP contribution is -2.11. The molecule has 27 heavy (non-hydrogen) atoms. The second kappa shape index (κ2) is 6.17. The quantitative estimate of drug-likeness (QED) is 0.473. The molecular weight excluding hydrogens is 361 g/mol. The molecule has 0 aliphatic heterocycles. The summed E-state index contributed by atoms with van der Waals surface area (Å²) in [5, 5.41) is 3.57. The number of para-hydroxylation sites is 1. The van der Waals surface area contributed by atoms with Gasteiger partial charge in [0.1, 0.15) is 16.5 Å². The van der Waals surface area contributed by atoms with Gasteiger partial charge >= 0.3 is 0 Å². The largest absolute Gasteiger partial charge is 0.361 e. The summed E-state index contributed by atoms with van der Waals surface area (Å²) in [5.41, 5.74) is 3.56. The summed E-state index contributed by atoms with van der Waals surface area (Å²) in [7, 11) is 0. The number of halogens is 1. The standard InChI is InChI=1S/C21H14FN3OS/c22-14-7-5-12(6-8-14)16-11-27-21-19(16)20(26)24-18(25-21)9-13-10-23-17-4-2-1-3-15(13)17/h1-8,10-11,23H,9H2,(H,24,25,26). The molecule has 0 saturated heterocycles. The molecule has 0 atom stereocenters. The number of H-pyrrole nitrogens is 2. The Morgan fingerprint density at radius 1 is 1.07 bits per heavy atom. The molecule has 3 heterocycles. The first kappa shape index (κ1) is 16.0. The number of thiophene rings is 1. The Bertz CT molecular complexity index is 1330. The van der Waals surface area contributed by atoms with E-state index >= 15 is 0 Å². The van der Waals surface area contributed by atoms with Crippen LogP contribution in [0.3, 0.4) is 0 Å². The van der Waals surface area contributed by atoms with Gasteiger partial charge in [-0.3, -0.25) is 4.79 Å². The Hall–Kier alpha value is -3.25. The van der Waals surface area contributed by atoms with Crippen molar-refractivity contribution >= 4 is 32.5 Å². The van der Waals surface area contributed by atoms with Crippen LogP contribution in [0.25, 0.3) is 32.2 Å². The van der Waals surface area contributed by atoms with Crippen LogP contribution in [0.2, 0.25) is 0 Å². The van der Waals surface area contributed by atoms with Crippen LogP contribution in [0.15, 0.2) is 64.9 Å². The molecule has 0 amide bonds. The molecule has 0 aliphatic carbocycles. The Labute approximate surface area is 157 Å². The SMILES string of the molecule is O=c1[nH]c(Cc2c[nH]c3ccccc23)nc2scc(-c3ccc(F)cc3)c12. The lowest BCUT2D eigenvalue weighted by Gasteiger charge is -2.02. The molecule has 5 rings (SSSR count). The first-order chi connectivity index (χ1) is 13.2. The van der Waals surface area contributed by atoms with Crippen LogP contribution >= 0.6 is 11.3 Å². The lowest BCUT2D eigenvalue weighted by atomic mass is 10.1. The molecule has 6 heteroatoms. The van der Waals surface area contributed by atoms with Crippen molar-refractivity contribution in [2.45, 2.75) is 6.42 Å². The predicted molar refractivity (Wildman–Crippen MR) is 107 cm³/mol. The van der Waals surface area contributed by atoms with Crippen LogP contribution in [-0.4, -0.2) is 15.0 Å². The molecule has 0 radical (unpaired) electrons. The van der Waals surface area contributed by atoms with E-state index in [0.717, 1.165) is 27.6 Å². The molecule has 0 bridgehead atoms. The van der Waals surface area contributed by atoms with Crippen molar-refractivity contribution < 1.29 is 4.39 Å². The minimum atomic E-state index is -0.300. The Kier molecular flexibility index (Phi) is 3.65. The number of fused-ring (bicyclic) bond motifs is 2. The van der Waals surface area contributed by atoms with Gasteiger partial charge in [-0.05, 0) is 29.3 Å². The van der Waals surface area contributed by atoms with Gasteiger partial charge in [0, 0.05) is 34.5 Å². The maximum Gasteiger partial charge on any atom is 0.260 e. The summed E-state index contributed by atoms with van der Waals surface area (Å²) in [6.07, 6.45) is 2.49. The molecule has 2 aromatic carbocycles. The number of hydrogen-bond acceptors (Lipinski definition) is 3. The number of hydrogen-bond donors (Lipinski definition) is 2. The number of aromatic nitrogens is 3. The normalized spacial score (nSPS) is 11.4. The zero-order chi connectivity index (χ0) is 18.4.